The molecule has 1 radical (unpaired) electrons. The van der Waals surface area contributed by atoms with Crippen LogP contribution >= 0.6 is 11.8 Å². The lowest BCUT2D eigenvalue weighted by molar-refractivity contribution is -0.139. The van der Waals surface area contributed by atoms with Crippen molar-refractivity contribution < 1.29 is 23.0 Å². The molecular weight excluding hydrogens is 372 g/mol. The van der Waals surface area contributed by atoms with Crippen molar-refractivity contribution in [3.63, 3.8) is 0 Å². The molecule has 1 saturated carbocycles. The summed E-state index contributed by atoms with van der Waals surface area (Å²) in [6.07, 6.45) is -2.32. The Bertz CT molecular complexity index is 865. The maximum absolute atomic E-state index is 13.7. The Morgan fingerprint density at radius 2 is 1.96 bits per heavy atom. The molecule has 0 spiro atoms. The minimum absolute atomic E-state index is 0.139. The summed E-state index contributed by atoms with van der Waals surface area (Å²) in [5.74, 6) is 0.0254. The molecule has 0 aliphatic heterocycles. The fourth-order valence-electron chi connectivity index (χ4n) is 2.92. The van der Waals surface area contributed by atoms with Crippen LogP contribution in [-0.2, 0) is 11.9 Å². The number of ether oxygens (including phenoxy) is 1. The third kappa shape index (κ3) is 4.53. The molecule has 1 aliphatic rings. The van der Waals surface area contributed by atoms with Gasteiger partial charge in [0.05, 0.1) is 13.2 Å². The van der Waals surface area contributed by atoms with Gasteiger partial charge >= 0.3 is 6.18 Å². The van der Waals surface area contributed by atoms with Crippen LogP contribution in [0.5, 0.6) is 5.75 Å². The summed E-state index contributed by atoms with van der Waals surface area (Å²) >= 11 is 1.34. The largest absolute Gasteiger partial charge is 0.497 e. The van der Waals surface area contributed by atoms with Gasteiger partial charge in [0, 0.05) is 17.1 Å². The van der Waals surface area contributed by atoms with E-state index in [9.17, 15) is 18.3 Å². The van der Waals surface area contributed by atoms with Crippen LogP contribution in [0, 0.1) is 0 Å². The highest BCUT2D eigenvalue weighted by atomic mass is 32.2. The van der Waals surface area contributed by atoms with E-state index in [1.54, 1.807) is 20.2 Å². The molecule has 0 heterocycles. The molecule has 1 unspecified atom stereocenters. The molecule has 3 rings (SSSR count). The van der Waals surface area contributed by atoms with Gasteiger partial charge in [-0.2, -0.15) is 13.2 Å². The van der Waals surface area contributed by atoms with Gasteiger partial charge in [-0.25, -0.2) is 0 Å². The molecule has 1 fully saturated rings. The van der Waals surface area contributed by atoms with Gasteiger partial charge in [0.15, 0.2) is 7.28 Å². The Kier molecular flexibility index (Phi) is 5.91. The Balaban J connectivity index is 1.91. The number of benzene rings is 2. The molecule has 0 bridgehead atoms. The normalized spacial score (nSPS) is 17.9. The molecule has 0 aromatic heterocycles. The standard InChI is InChI=1S/C20H19BF3O2S/c1-21-15-8-7-13(18(19(15)26-2)20(22,23)24)11-27-17-6-4-3-5-12(17)9-14-10-16(14)25/h3-9,16,25H,10-11H2,1-2H3/b14-9+. The van der Waals surface area contributed by atoms with Gasteiger partial charge in [0.2, 0.25) is 0 Å². The van der Waals surface area contributed by atoms with E-state index in [1.807, 2.05) is 30.3 Å². The predicted molar refractivity (Wildman–Crippen MR) is 104 cm³/mol. The van der Waals surface area contributed by atoms with Crippen molar-refractivity contribution in [2.75, 3.05) is 7.11 Å². The molecule has 2 aromatic carbocycles. The molecule has 0 amide bonds. The van der Waals surface area contributed by atoms with E-state index < -0.39 is 11.7 Å². The SMILES string of the molecule is C[B]c1ccc(CSc2ccccc2/C=C2\CC2O)c(C(F)(F)F)c1OC. The van der Waals surface area contributed by atoms with E-state index in [0.717, 1.165) is 16.0 Å². The summed E-state index contributed by atoms with van der Waals surface area (Å²) < 4.78 is 46.2. The van der Waals surface area contributed by atoms with Crippen LogP contribution in [0.4, 0.5) is 13.2 Å². The zero-order valence-electron chi connectivity index (χ0n) is 15.0. The first kappa shape index (κ1) is 19.9. The van der Waals surface area contributed by atoms with Crippen molar-refractivity contribution in [3.05, 3.63) is 58.7 Å². The first-order valence-corrected chi connectivity index (χ1v) is 9.50. The van der Waals surface area contributed by atoms with Crippen molar-refractivity contribution >= 4 is 30.6 Å². The highest BCUT2D eigenvalue weighted by Crippen LogP contribution is 2.41. The second kappa shape index (κ2) is 8.03. The summed E-state index contributed by atoms with van der Waals surface area (Å²) in [6, 6.07) is 10.7. The molecule has 7 heteroatoms. The Hall–Kier alpha value is -1.86. The Labute approximate surface area is 161 Å². The molecule has 1 atom stereocenters. The first-order chi connectivity index (χ1) is 12.8. The van der Waals surface area contributed by atoms with Crippen LogP contribution in [0.3, 0.4) is 0 Å². The van der Waals surface area contributed by atoms with E-state index in [4.69, 9.17) is 4.74 Å². The van der Waals surface area contributed by atoms with E-state index >= 15 is 0 Å². The lowest BCUT2D eigenvalue weighted by Crippen LogP contribution is -2.21. The van der Waals surface area contributed by atoms with E-state index in [-0.39, 0.29) is 23.2 Å². The number of aliphatic hydroxyl groups is 1. The zero-order valence-corrected chi connectivity index (χ0v) is 15.8. The molecule has 1 N–H and O–H groups in total. The van der Waals surface area contributed by atoms with Crippen LogP contribution in [0.1, 0.15) is 23.1 Å². The van der Waals surface area contributed by atoms with Gasteiger partial charge < -0.3 is 9.84 Å². The summed E-state index contributed by atoms with van der Waals surface area (Å²) in [5, 5.41) is 9.50. The highest BCUT2D eigenvalue weighted by molar-refractivity contribution is 7.98. The van der Waals surface area contributed by atoms with Gasteiger partial charge in [-0.15, -0.1) is 11.8 Å². The fourth-order valence-corrected chi connectivity index (χ4v) is 3.94. The highest BCUT2D eigenvalue weighted by Gasteiger charge is 2.38. The van der Waals surface area contributed by atoms with E-state index in [2.05, 4.69) is 0 Å². The van der Waals surface area contributed by atoms with Crippen molar-refractivity contribution in [2.45, 2.75) is 36.2 Å². The van der Waals surface area contributed by atoms with Gasteiger partial charge in [0.25, 0.3) is 0 Å². The lowest BCUT2D eigenvalue weighted by atomic mass is 9.71. The quantitative estimate of drug-likeness (QED) is 0.580. The van der Waals surface area contributed by atoms with Crippen molar-refractivity contribution in [1.82, 2.24) is 0 Å². The number of methoxy groups -OCH3 is 1. The van der Waals surface area contributed by atoms with Crippen molar-refractivity contribution in [3.8, 4) is 5.75 Å². The number of thioether (sulfide) groups is 1. The number of hydrogen-bond donors (Lipinski definition) is 1. The number of rotatable bonds is 6. The fraction of sp³-hybridized carbons (Fsp3) is 0.300. The van der Waals surface area contributed by atoms with E-state index in [1.165, 1.54) is 24.9 Å². The summed E-state index contributed by atoms with van der Waals surface area (Å²) in [7, 11) is 2.87. The van der Waals surface area contributed by atoms with Crippen molar-refractivity contribution in [2.24, 2.45) is 0 Å². The molecule has 2 nitrogen and oxygen atoms in total. The van der Waals surface area contributed by atoms with Gasteiger partial charge in [-0.1, -0.05) is 43.2 Å². The Morgan fingerprint density at radius 1 is 1.26 bits per heavy atom. The smallest absolute Gasteiger partial charge is 0.420 e. The maximum Gasteiger partial charge on any atom is 0.420 e. The molecule has 141 valence electrons. The summed E-state index contributed by atoms with van der Waals surface area (Å²) in [5.41, 5.74) is 1.74. The summed E-state index contributed by atoms with van der Waals surface area (Å²) in [6.45, 7) is 1.68. The van der Waals surface area contributed by atoms with Crippen molar-refractivity contribution in [1.29, 1.82) is 0 Å². The number of hydrogen-bond acceptors (Lipinski definition) is 3. The monoisotopic (exact) mass is 391 g/mol. The van der Waals surface area contributed by atoms with Crippen LogP contribution in [0.15, 0.2) is 46.9 Å². The van der Waals surface area contributed by atoms with Gasteiger partial charge in [-0.3, -0.25) is 0 Å². The molecule has 1 aliphatic carbocycles. The Morgan fingerprint density at radius 3 is 2.56 bits per heavy atom. The first-order valence-electron chi connectivity index (χ1n) is 8.52. The third-order valence-electron chi connectivity index (χ3n) is 4.41. The third-order valence-corrected chi connectivity index (χ3v) is 5.55. The van der Waals surface area contributed by atoms with Crippen LogP contribution < -0.4 is 10.2 Å². The average Bonchev–Trinajstić information content (AvgIpc) is 3.33. The average molecular weight is 391 g/mol. The molecule has 27 heavy (non-hydrogen) atoms. The second-order valence-corrected chi connectivity index (χ2v) is 7.29. The van der Waals surface area contributed by atoms with Crippen LogP contribution in [0.2, 0.25) is 6.82 Å². The van der Waals surface area contributed by atoms with Crippen LogP contribution in [0.25, 0.3) is 6.08 Å². The lowest BCUT2D eigenvalue weighted by Gasteiger charge is -2.19. The number of alkyl halides is 3. The second-order valence-electron chi connectivity index (χ2n) is 6.27. The topological polar surface area (TPSA) is 29.5 Å². The summed E-state index contributed by atoms with van der Waals surface area (Å²) in [4.78, 5) is 0.877. The van der Waals surface area contributed by atoms with Gasteiger partial charge in [-0.05, 0) is 28.2 Å². The molecule has 2 aromatic rings. The molecular formula is C20H19BF3O2S. The number of halogens is 3. The predicted octanol–water partition coefficient (Wildman–Crippen LogP) is 4.53. The maximum atomic E-state index is 13.7. The van der Waals surface area contributed by atoms with Gasteiger partial charge in [0.1, 0.15) is 11.3 Å². The van der Waals surface area contributed by atoms with E-state index in [0.29, 0.717) is 11.9 Å². The zero-order chi connectivity index (χ0) is 19.6. The van der Waals surface area contributed by atoms with Crippen LogP contribution in [-0.4, -0.2) is 25.6 Å². The minimum atomic E-state index is -4.50. The molecule has 0 saturated heterocycles. The minimum Gasteiger partial charge on any atom is -0.497 e. The number of aliphatic hydroxyl groups excluding tert-OH is 1.